The number of thioether (sulfide) groups is 1. The van der Waals surface area contributed by atoms with Crippen molar-refractivity contribution in [3.63, 3.8) is 0 Å². The first-order valence-electron chi connectivity index (χ1n) is 14.0. The molecule has 0 fully saturated rings. The van der Waals surface area contributed by atoms with E-state index in [0.717, 1.165) is 42.0 Å². The van der Waals surface area contributed by atoms with Crippen molar-refractivity contribution in [2.45, 2.75) is 43.9 Å². The average Bonchev–Trinajstić information content (AvgIpc) is 3.38. The van der Waals surface area contributed by atoms with Gasteiger partial charge in [0.1, 0.15) is 28.8 Å². The molecular weight excluding hydrogens is 716 g/mol. The molecule has 47 heavy (non-hydrogen) atoms. The minimum Gasteiger partial charge on any atom is -0.479 e. The van der Waals surface area contributed by atoms with Gasteiger partial charge in [-0.1, -0.05) is 34.8 Å². The third-order valence-electron chi connectivity index (χ3n) is 6.47. The normalized spacial score (nSPS) is 13.1. The third-order valence-corrected chi connectivity index (χ3v) is 9.33. The van der Waals surface area contributed by atoms with E-state index in [1.54, 1.807) is 58.8 Å². The highest BCUT2D eigenvalue weighted by Crippen LogP contribution is 2.34. The Hall–Kier alpha value is -3.49. The highest BCUT2D eigenvalue weighted by molar-refractivity contribution is 8.00. The Morgan fingerprint density at radius 2 is 1.64 bits per heavy atom. The number of carbonyl (C=O) groups is 2. The highest BCUT2D eigenvalue weighted by atomic mass is 35.5. The van der Waals surface area contributed by atoms with Crippen molar-refractivity contribution < 1.29 is 32.9 Å². The van der Waals surface area contributed by atoms with Gasteiger partial charge in [0.25, 0.3) is 0 Å². The number of halogens is 4. The van der Waals surface area contributed by atoms with Crippen molar-refractivity contribution in [1.82, 2.24) is 9.36 Å². The SMILES string of the molecule is COC(=O)C(C)Oc1ccc(Oc2ccc(Cl)cc2Cl)cc1.COC(=O)CSc1cc(N=c2sc(=O)n3n2CCCC3)c(F)cc1Cl. The number of aromatic nitrogens is 2. The predicted octanol–water partition coefficient (Wildman–Crippen LogP) is 7.52. The maximum absolute atomic E-state index is 14.3. The lowest BCUT2D eigenvalue weighted by molar-refractivity contribution is -0.148. The fourth-order valence-electron chi connectivity index (χ4n) is 4.12. The number of hydrogen-bond acceptors (Lipinski definition) is 10. The van der Waals surface area contributed by atoms with E-state index in [9.17, 15) is 18.8 Å². The first kappa shape index (κ1) is 36.3. The first-order valence-corrected chi connectivity index (χ1v) is 16.9. The Morgan fingerprint density at radius 3 is 2.30 bits per heavy atom. The number of ether oxygens (including phenoxy) is 4. The smallest absolute Gasteiger partial charge is 0.346 e. The number of benzene rings is 3. The zero-order valence-corrected chi connectivity index (χ0v) is 29.2. The summed E-state index contributed by atoms with van der Waals surface area (Å²) in [6, 6.07) is 14.4. The van der Waals surface area contributed by atoms with Crippen LogP contribution in [0.15, 0.2) is 69.3 Å². The molecule has 16 heteroatoms. The molecule has 0 saturated heterocycles. The van der Waals surface area contributed by atoms with Crippen LogP contribution in [-0.4, -0.2) is 47.4 Å². The molecule has 4 aromatic rings. The zero-order valence-electron chi connectivity index (χ0n) is 25.3. The van der Waals surface area contributed by atoms with Crippen LogP contribution in [0.1, 0.15) is 19.8 Å². The molecular formula is C31H29Cl3FN3O7S2. The second-order valence-electron chi connectivity index (χ2n) is 9.75. The summed E-state index contributed by atoms with van der Waals surface area (Å²) in [6.07, 6.45) is 1.22. The van der Waals surface area contributed by atoms with E-state index < -0.39 is 23.9 Å². The van der Waals surface area contributed by atoms with Crippen LogP contribution >= 0.6 is 57.9 Å². The number of hydrogen-bond donors (Lipinski definition) is 0. The van der Waals surface area contributed by atoms with Crippen LogP contribution in [-0.2, 0) is 32.2 Å². The molecule has 0 amide bonds. The van der Waals surface area contributed by atoms with E-state index in [0.29, 0.717) is 50.1 Å². The van der Waals surface area contributed by atoms with Crippen molar-refractivity contribution in [2.24, 2.45) is 4.99 Å². The Bertz CT molecular complexity index is 1860. The van der Waals surface area contributed by atoms with E-state index in [4.69, 9.17) is 44.3 Å². The van der Waals surface area contributed by atoms with E-state index in [-0.39, 0.29) is 21.3 Å². The van der Waals surface area contributed by atoms with Crippen LogP contribution in [0.3, 0.4) is 0 Å². The molecule has 0 N–H and O–H groups in total. The summed E-state index contributed by atoms with van der Waals surface area (Å²) in [5.74, 6) is 0.263. The van der Waals surface area contributed by atoms with E-state index in [1.807, 2.05) is 0 Å². The molecule has 1 atom stereocenters. The van der Waals surface area contributed by atoms with Gasteiger partial charge in [-0.2, -0.15) is 0 Å². The molecule has 250 valence electrons. The molecule has 1 unspecified atom stereocenters. The first-order chi connectivity index (χ1) is 22.5. The zero-order chi connectivity index (χ0) is 34.1. The fourth-order valence-corrected chi connectivity index (χ4v) is 6.55. The summed E-state index contributed by atoms with van der Waals surface area (Å²) in [5.41, 5.74) is 0.0829. The maximum atomic E-state index is 14.3. The average molecular weight is 745 g/mol. The van der Waals surface area contributed by atoms with E-state index in [2.05, 4.69) is 14.5 Å². The molecule has 10 nitrogen and oxygen atoms in total. The molecule has 0 aliphatic carbocycles. The number of rotatable bonds is 9. The van der Waals surface area contributed by atoms with E-state index >= 15 is 0 Å². The third kappa shape index (κ3) is 10.0. The molecule has 0 radical (unpaired) electrons. The quantitative estimate of drug-likeness (QED) is 0.128. The molecule has 1 aliphatic heterocycles. The number of methoxy groups -OCH3 is 2. The minimum atomic E-state index is -0.678. The monoisotopic (exact) mass is 743 g/mol. The largest absolute Gasteiger partial charge is 0.479 e. The lowest BCUT2D eigenvalue weighted by Crippen LogP contribution is -2.31. The lowest BCUT2D eigenvalue weighted by atomic mass is 10.3. The van der Waals surface area contributed by atoms with Crippen molar-refractivity contribution in [2.75, 3.05) is 20.0 Å². The van der Waals surface area contributed by atoms with Gasteiger partial charge in [-0.15, -0.1) is 11.8 Å². The Kier molecular flexibility index (Phi) is 13.2. The summed E-state index contributed by atoms with van der Waals surface area (Å²) in [6.45, 7) is 2.94. The van der Waals surface area contributed by atoms with Gasteiger partial charge in [0.05, 0.1) is 30.0 Å². The molecule has 0 bridgehead atoms. The Balaban J connectivity index is 0.000000215. The van der Waals surface area contributed by atoms with Crippen LogP contribution in [0.5, 0.6) is 17.2 Å². The van der Waals surface area contributed by atoms with Gasteiger partial charge < -0.3 is 18.9 Å². The standard InChI is InChI=1S/C16H14Cl2O4.C15H15ClFN3O3S2/c1-10(16(19)20-2)21-12-4-6-13(7-5-12)22-15-8-3-11(17)9-14(15)18;1-23-13(21)8-24-12-7-11(10(17)6-9(12)16)18-14-19-4-2-3-5-20(19)15(22)25-14/h3-10H,1-2H3;6-7H,2-5,8H2,1H3. The Labute approximate surface area is 292 Å². The summed E-state index contributed by atoms with van der Waals surface area (Å²) in [4.78, 5) is 39.8. The molecule has 1 aromatic heterocycles. The van der Waals surface area contributed by atoms with Crippen LogP contribution in [0.2, 0.25) is 15.1 Å². The summed E-state index contributed by atoms with van der Waals surface area (Å²) in [7, 11) is 2.61. The second kappa shape index (κ2) is 17.1. The van der Waals surface area contributed by atoms with Gasteiger partial charge in [0.2, 0.25) is 4.80 Å². The van der Waals surface area contributed by atoms with Crippen molar-refractivity contribution in [1.29, 1.82) is 0 Å². The lowest BCUT2D eigenvalue weighted by Gasteiger charge is -2.15. The fraction of sp³-hybridized carbons (Fsp3) is 0.290. The van der Waals surface area contributed by atoms with Gasteiger partial charge >= 0.3 is 16.8 Å². The van der Waals surface area contributed by atoms with Crippen LogP contribution in [0, 0.1) is 5.82 Å². The van der Waals surface area contributed by atoms with Gasteiger partial charge in [-0.3, -0.25) is 14.3 Å². The number of carbonyl (C=O) groups excluding carboxylic acids is 2. The van der Waals surface area contributed by atoms with Gasteiger partial charge in [-0.25, -0.2) is 18.9 Å². The molecule has 5 rings (SSSR count). The minimum absolute atomic E-state index is 0.0605. The van der Waals surface area contributed by atoms with Crippen LogP contribution in [0.25, 0.3) is 0 Å². The van der Waals surface area contributed by atoms with Gasteiger partial charge in [-0.05, 0) is 85.7 Å². The van der Waals surface area contributed by atoms with Gasteiger partial charge in [0, 0.05) is 23.0 Å². The maximum Gasteiger partial charge on any atom is 0.346 e. The number of fused-ring (bicyclic) bond motifs is 1. The molecule has 0 saturated carbocycles. The van der Waals surface area contributed by atoms with Crippen molar-refractivity contribution in [3.05, 3.63) is 90.0 Å². The topological polar surface area (TPSA) is 110 Å². The molecule has 0 spiro atoms. The molecule has 2 heterocycles. The predicted molar refractivity (Wildman–Crippen MR) is 180 cm³/mol. The number of esters is 2. The summed E-state index contributed by atoms with van der Waals surface area (Å²) >= 11 is 20.0. The highest BCUT2D eigenvalue weighted by Gasteiger charge is 2.16. The van der Waals surface area contributed by atoms with E-state index in [1.165, 1.54) is 20.3 Å². The van der Waals surface area contributed by atoms with Crippen molar-refractivity contribution in [3.8, 4) is 17.2 Å². The summed E-state index contributed by atoms with van der Waals surface area (Å²) < 4.78 is 37.9. The summed E-state index contributed by atoms with van der Waals surface area (Å²) in [5, 5.41) is 1.16. The van der Waals surface area contributed by atoms with Crippen LogP contribution in [0.4, 0.5) is 10.1 Å². The van der Waals surface area contributed by atoms with Crippen molar-refractivity contribution >= 4 is 75.5 Å². The molecule has 1 aliphatic rings. The number of nitrogens with zero attached hydrogens (tertiary/aromatic N) is 3. The van der Waals surface area contributed by atoms with Gasteiger partial charge in [0.15, 0.2) is 6.10 Å². The second-order valence-corrected chi connectivity index (χ2v) is 12.9. The van der Waals surface area contributed by atoms with Crippen LogP contribution < -0.4 is 19.1 Å². The molecule has 3 aromatic carbocycles. The Morgan fingerprint density at radius 1 is 0.957 bits per heavy atom.